The van der Waals surface area contributed by atoms with Gasteiger partial charge in [-0.1, -0.05) is 0 Å². The lowest BCUT2D eigenvalue weighted by atomic mass is 9.98. The average Bonchev–Trinajstić information content (AvgIpc) is 3.30. The minimum absolute atomic E-state index is 0.146. The molecule has 1 saturated carbocycles. The van der Waals surface area contributed by atoms with Crippen molar-refractivity contribution in [2.75, 3.05) is 25.0 Å². The van der Waals surface area contributed by atoms with Gasteiger partial charge in [-0.15, -0.1) is 0 Å². The molecule has 116 valence electrons. The van der Waals surface area contributed by atoms with Crippen molar-refractivity contribution in [2.24, 2.45) is 5.92 Å². The Bertz CT molecular complexity index is 561. The molecule has 0 radical (unpaired) electrons. The minimum Gasteiger partial charge on any atom is -0.385 e. The SMILES string of the molecule is O=S(=O)(NC1CC1)c1ccc(NCC2CCNCC2)cc1. The zero-order valence-corrected chi connectivity index (χ0v) is 13.0. The highest BCUT2D eigenvalue weighted by Gasteiger charge is 2.27. The van der Waals surface area contributed by atoms with Gasteiger partial charge in [0.1, 0.15) is 0 Å². The van der Waals surface area contributed by atoms with Gasteiger partial charge in [0.25, 0.3) is 0 Å². The van der Waals surface area contributed by atoms with E-state index in [9.17, 15) is 8.42 Å². The van der Waals surface area contributed by atoms with Gasteiger partial charge in [0.15, 0.2) is 0 Å². The number of hydrogen-bond acceptors (Lipinski definition) is 4. The summed E-state index contributed by atoms with van der Waals surface area (Å²) in [5.74, 6) is 0.700. The second kappa shape index (κ2) is 6.34. The van der Waals surface area contributed by atoms with Gasteiger partial charge in [-0.2, -0.15) is 0 Å². The molecule has 0 unspecified atom stereocenters. The van der Waals surface area contributed by atoms with E-state index in [1.165, 1.54) is 12.8 Å². The van der Waals surface area contributed by atoms with Gasteiger partial charge < -0.3 is 10.6 Å². The first-order valence-corrected chi connectivity index (χ1v) is 9.19. The van der Waals surface area contributed by atoms with Gasteiger partial charge in [0.05, 0.1) is 4.90 Å². The van der Waals surface area contributed by atoms with Gasteiger partial charge in [-0.25, -0.2) is 13.1 Å². The highest BCUT2D eigenvalue weighted by molar-refractivity contribution is 7.89. The fourth-order valence-electron chi connectivity index (χ4n) is 2.59. The molecule has 1 aromatic rings. The van der Waals surface area contributed by atoms with E-state index in [1.807, 2.05) is 12.1 Å². The van der Waals surface area contributed by atoms with Crippen LogP contribution in [-0.2, 0) is 10.0 Å². The van der Waals surface area contributed by atoms with E-state index < -0.39 is 10.0 Å². The summed E-state index contributed by atoms with van der Waals surface area (Å²) < 4.78 is 26.8. The quantitative estimate of drug-likeness (QED) is 0.745. The molecule has 0 spiro atoms. The Morgan fingerprint density at radius 2 is 1.71 bits per heavy atom. The molecule has 6 heteroatoms. The lowest BCUT2D eigenvalue weighted by Gasteiger charge is -2.23. The van der Waals surface area contributed by atoms with Gasteiger partial charge in [-0.3, -0.25) is 0 Å². The third kappa shape index (κ3) is 4.18. The number of hydrogen-bond donors (Lipinski definition) is 3. The molecule has 0 bridgehead atoms. The molecule has 2 fully saturated rings. The molecule has 0 amide bonds. The molecule has 0 aromatic heterocycles. The minimum atomic E-state index is -3.34. The summed E-state index contributed by atoms with van der Waals surface area (Å²) >= 11 is 0. The van der Waals surface area contributed by atoms with Crippen LogP contribution in [0.4, 0.5) is 5.69 Å². The second-order valence-electron chi connectivity index (χ2n) is 5.99. The van der Waals surface area contributed by atoms with Crippen LogP contribution in [0.3, 0.4) is 0 Å². The number of rotatable bonds is 6. The fourth-order valence-corrected chi connectivity index (χ4v) is 3.89. The van der Waals surface area contributed by atoms with Gasteiger partial charge in [-0.05, 0) is 69.0 Å². The molecular weight excluding hydrogens is 286 g/mol. The van der Waals surface area contributed by atoms with Crippen LogP contribution in [0.15, 0.2) is 29.2 Å². The molecule has 5 nitrogen and oxygen atoms in total. The molecule has 1 saturated heterocycles. The normalized spacial score (nSPS) is 20.4. The Hall–Kier alpha value is -1.11. The third-order valence-electron chi connectivity index (χ3n) is 4.12. The maximum absolute atomic E-state index is 12.1. The van der Waals surface area contributed by atoms with Crippen molar-refractivity contribution in [3.05, 3.63) is 24.3 Å². The summed E-state index contributed by atoms with van der Waals surface area (Å²) in [6.45, 7) is 3.14. The van der Waals surface area contributed by atoms with E-state index in [2.05, 4.69) is 15.4 Å². The van der Waals surface area contributed by atoms with Crippen molar-refractivity contribution in [1.29, 1.82) is 0 Å². The monoisotopic (exact) mass is 309 g/mol. The van der Waals surface area contributed by atoms with Crippen molar-refractivity contribution in [3.63, 3.8) is 0 Å². The van der Waals surface area contributed by atoms with Crippen molar-refractivity contribution in [2.45, 2.75) is 36.6 Å². The topological polar surface area (TPSA) is 70.2 Å². The number of benzene rings is 1. The molecule has 1 aromatic carbocycles. The largest absolute Gasteiger partial charge is 0.385 e. The molecule has 3 N–H and O–H groups in total. The molecule has 1 aliphatic carbocycles. The highest BCUT2D eigenvalue weighted by Crippen LogP contribution is 2.23. The van der Waals surface area contributed by atoms with Crippen molar-refractivity contribution >= 4 is 15.7 Å². The second-order valence-corrected chi connectivity index (χ2v) is 7.71. The fraction of sp³-hybridized carbons (Fsp3) is 0.600. The van der Waals surface area contributed by atoms with Gasteiger partial charge in [0, 0.05) is 18.3 Å². The third-order valence-corrected chi connectivity index (χ3v) is 5.65. The summed E-state index contributed by atoms with van der Waals surface area (Å²) in [7, 11) is -3.34. The lowest BCUT2D eigenvalue weighted by molar-refractivity contribution is 0.390. The molecule has 1 aliphatic heterocycles. The van der Waals surface area contributed by atoms with E-state index in [0.29, 0.717) is 10.8 Å². The molecule has 2 aliphatic rings. The van der Waals surface area contributed by atoms with E-state index in [1.54, 1.807) is 12.1 Å². The Kier molecular flexibility index (Phi) is 4.47. The first-order chi connectivity index (χ1) is 10.1. The van der Waals surface area contributed by atoms with Crippen molar-refractivity contribution in [3.8, 4) is 0 Å². The maximum atomic E-state index is 12.1. The van der Waals surface area contributed by atoms with Crippen LogP contribution >= 0.6 is 0 Å². The molecular formula is C15H23N3O2S. The lowest BCUT2D eigenvalue weighted by Crippen LogP contribution is -2.31. The predicted octanol–water partition coefficient (Wildman–Crippen LogP) is 1.54. The number of nitrogens with one attached hydrogen (secondary N) is 3. The van der Waals surface area contributed by atoms with E-state index >= 15 is 0 Å². The first-order valence-electron chi connectivity index (χ1n) is 7.70. The van der Waals surface area contributed by atoms with Crippen LogP contribution in [0, 0.1) is 5.92 Å². The van der Waals surface area contributed by atoms with Gasteiger partial charge >= 0.3 is 0 Å². The summed E-state index contributed by atoms with van der Waals surface area (Å²) in [5.41, 5.74) is 0.985. The number of sulfonamides is 1. The van der Waals surface area contributed by atoms with E-state index in [-0.39, 0.29) is 6.04 Å². The van der Waals surface area contributed by atoms with Crippen molar-refractivity contribution in [1.82, 2.24) is 10.0 Å². The molecule has 0 atom stereocenters. The predicted molar refractivity (Wildman–Crippen MR) is 83.9 cm³/mol. The van der Waals surface area contributed by atoms with E-state index in [0.717, 1.165) is 38.2 Å². The molecule has 3 rings (SSSR count). The average molecular weight is 309 g/mol. The Morgan fingerprint density at radius 1 is 1.05 bits per heavy atom. The zero-order chi connectivity index (χ0) is 14.7. The summed E-state index contributed by atoms with van der Waals surface area (Å²) in [6, 6.07) is 7.20. The van der Waals surface area contributed by atoms with Crippen LogP contribution in [0.1, 0.15) is 25.7 Å². The standard InChI is InChI=1S/C15H23N3O2S/c19-21(20,18-14-1-2-14)15-5-3-13(4-6-15)17-11-12-7-9-16-10-8-12/h3-6,12,14,16-18H,1-2,7-11H2. The van der Waals surface area contributed by atoms with Crippen molar-refractivity contribution < 1.29 is 8.42 Å². The van der Waals surface area contributed by atoms with Gasteiger partial charge in [0.2, 0.25) is 10.0 Å². The Balaban J connectivity index is 1.55. The van der Waals surface area contributed by atoms with E-state index in [4.69, 9.17) is 0 Å². The Morgan fingerprint density at radius 3 is 2.33 bits per heavy atom. The van der Waals surface area contributed by atoms with Crippen LogP contribution in [0.25, 0.3) is 0 Å². The number of anilines is 1. The summed E-state index contributed by atoms with van der Waals surface area (Å²) in [5, 5.41) is 6.76. The number of piperidine rings is 1. The summed E-state index contributed by atoms with van der Waals surface area (Å²) in [4.78, 5) is 0.349. The van der Waals surface area contributed by atoms with Crippen LogP contribution < -0.4 is 15.4 Å². The smallest absolute Gasteiger partial charge is 0.240 e. The molecule has 21 heavy (non-hydrogen) atoms. The molecule has 1 heterocycles. The first kappa shape index (κ1) is 14.8. The maximum Gasteiger partial charge on any atom is 0.240 e. The summed E-state index contributed by atoms with van der Waals surface area (Å²) in [6.07, 6.45) is 4.31. The van der Waals surface area contributed by atoms with Crippen LogP contribution in [0.2, 0.25) is 0 Å². The highest BCUT2D eigenvalue weighted by atomic mass is 32.2. The van der Waals surface area contributed by atoms with Crippen LogP contribution in [-0.4, -0.2) is 34.1 Å². The Labute approximate surface area is 126 Å². The van der Waals surface area contributed by atoms with Crippen LogP contribution in [0.5, 0.6) is 0 Å². The zero-order valence-electron chi connectivity index (χ0n) is 12.1.